The fourth-order valence-electron chi connectivity index (χ4n) is 1.93. The molecule has 0 aromatic rings. The average molecular weight is 215 g/mol. The topological polar surface area (TPSA) is 36.4 Å². The van der Waals surface area contributed by atoms with Crippen molar-refractivity contribution in [1.82, 2.24) is 10.6 Å². The third-order valence-electron chi connectivity index (χ3n) is 2.62. The van der Waals surface area contributed by atoms with Crippen molar-refractivity contribution in [3.8, 4) is 0 Å². The second kappa shape index (κ2) is 6.17. The molecular formula is C10H21N3S. The molecule has 0 bridgehead atoms. The second-order valence-electron chi connectivity index (χ2n) is 3.50. The van der Waals surface area contributed by atoms with Gasteiger partial charge in [-0.2, -0.15) is 11.8 Å². The van der Waals surface area contributed by atoms with E-state index < -0.39 is 0 Å². The molecule has 1 aliphatic rings. The van der Waals surface area contributed by atoms with Crippen LogP contribution in [0.2, 0.25) is 0 Å². The Bertz CT molecular complexity index is 194. The molecular weight excluding hydrogens is 194 g/mol. The summed E-state index contributed by atoms with van der Waals surface area (Å²) in [5, 5.41) is 7.31. The minimum Gasteiger partial charge on any atom is -0.359 e. The van der Waals surface area contributed by atoms with Gasteiger partial charge in [0.2, 0.25) is 0 Å². The van der Waals surface area contributed by atoms with E-state index in [1.54, 1.807) is 0 Å². The van der Waals surface area contributed by atoms with Gasteiger partial charge in [0.1, 0.15) is 0 Å². The summed E-state index contributed by atoms with van der Waals surface area (Å²) in [6.45, 7) is 2.23. The van der Waals surface area contributed by atoms with E-state index in [-0.39, 0.29) is 0 Å². The van der Waals surface area contributed by atoms with Crippen molar-refractivity contribution in [2.75, 3.05) is 19.8 Å². The summed E-state index contributed by atoms with van der Waals surface area (Å²) >= 11 is 2.06. The molecule has 1 aliphatic carbocycles. The predicted molar refractivity (Wildman–Crippen MR) is 65.1 cm³/mol. The van der Waals surface area contributed by atoms with Gasteiger partial charge in [-0.1, -0.05) is 13.3 Å². The first-order chi connectivity index (χ1) is 6.81. The summed E-state index contributed by atoms with van der Waals surface area (Å²) in [7, 11) is 3.72. The van der Waals surface area contributed by atoms with Crippen LogP contribution >= 0.6 is 11.8 Å². The molecule has 0 saturated heterocycles. The van der Waals surface area contributed by atoms with E-state index in [1.807, 2.05) is 14.1 Å². The summed E-state index contributed by atoms with van der Waals surface area (Å²) in [4.78, 5) is 4.15. The fourth-order valence-corrected chi connectivity index (χ4v) is 3.13. The molecule has 0 aromatic heterocycles. The Morgan fingerprint density at radius 2 is 2.29 bits per heavy atom. The quantitative estimate of drug-likeness (QED) is 0.553. The molecule has 2 atom stereocenters. The predicted octanol–water partition coefficient (Wildman–Crippen LogP) is 1.46. The highest BCUT2D eigenvalue weighted by molar-refractivity contribution is 7.99. The number of thioether (sulfide) groups is 1. The second-order valence-corrected chi connectivity index (χ2v) is 5.01. The number of nitrogens with zero attached hydrogens (tertiary/aromatic N) is 1. The van der Waals surface area contributed by atoms with Gasteiger partial charge in [-0.25, -0.2) is 0 Å². The van der Waals surface area contributed by atoms with Crippen molar-refractivity contribution in [1.29, 1.82) is 0 Å². The zero-order valence-electron chi connectivity index (χ0n) is 9.34. The molecule has 4 heteroatoms. The Morgan fingerprint density at radius 3 is 2.86 bits per heavy atom. The zero-order chi connectivity index (χ0) is 10.4. The number of hydrogen-bond acceptors (Lipinski definition) is 2. The molecule has 3 nitrogen and oxygen atoms in total. The van der Waals surface area contributed by atoms with Gasteiger partial charge >= 0.3 is 0 Å². The maximum atomic E-state index is 4.15. The lowest BCUT2D eigenvalue weighted by molar-refractivity contribution is 0.630. The van der Waals surface area contributed by atoms with Crippen molar-refractivity contribution in [2.45, 2.75) is 37.5 Å². The van der Waals surface area contributed by atoms with E-state index >= 15 is 0 Å². The normalized spacial score (nSPS) is 27.8. The van der Waals surface area contributed by atoms with Crippen LogP contribution in [-0.4, -0.2) is 37.1 Å². The molecule has 2 unspecified atom stereocenters. The smallest absolute Gasteiger partial charge is 0.190 e. The van der Waals surface area contributed by atoms with Gasteiger partial charge in [-0.15, -0.1) is 0 Å². The molecule has 1 rings (SSSR count). The SMILES string of the molecule is CCSC1CCCC1NC(=NC)NC. The van der Waals surface area contributed by atoms with Crippen LogP contribution in [0.1, 0.15) is 26.2 Å². The third kappa shape index (κ3) is 3.08. The Kier molecular flexibility index (Phi) is 5.15. The van der Waals surface area contributed by atoms with Crippen LogP contribution < -0.4 is 10.6 Å². The van der Waals surface area contributed by atoms with Crippen molar-refractivity contribution < 1.29 is 0 Å². The minimum absolute atomic E-state index is 0.603. The maximum absolute atomic E-state index is 4.15. The molecule has 82 valence electrons. The van der Waals surface area contributed by atoms with Crippen LogP contribution in [0.4, 0.5) is 0 Å². The molecule has 2 N–H and O–H groups in total. The largest absolute Gasteiger partial charge is 0.359 e. The van der Waals surface area contributed by atoms with Crippen LogP contribution in [0.15, 0.2) is 4.99 Å². The highest BCUT2D eigenvalue weighted by atomic mass is 32.2. The van der Waals surface area contributed by atoms with Gasteiger partial charge in [-0.3, -0.25) is 4.99 Å². The summed E-state index contributed by atoms with van der Waals surface area (Å²) < 4.78 is 0. The standard InChI is InChI=1S/C10H21N3S/c1-4-14-9-7-5-6-8(9)13-10(11-2)12-3/h8-9H,4-7H2,1-3H3,(H2,11,12,13). The van der Waals surface area contributed by atoms with Crippen molar-refractivity contribution in [3.05, 3.63) is 0 Å². The summed E-state index contributed by atoms with van der Waals surface area (Å²) in [5.74, 6) is 2.12. The van der Waals surface area contributed by atoms with Crippen molar-refractivity contribution in [3.63, 3.8) is 0 Å². The Hall–Kier alpha value is -0.380. The first kappa shape index (κ1) is 11.7. The number of rotatable bonds is 3. The molecule has 1 saturated carbocycles. The maximum Gasteiger partial charge on any atom is 0.190 e. The first-order valence-corrected chi connectivity index (χ1v) is 6.39. The lowest BCUT2D eigenvalue weighted by Gasteiger charge is -2.21. The first-order valence-electron chi connectivity index (χ1n) is 5.34. The monoisotopic (exact) mass is 215 g/mol. The van der Waals surface area contributed by atoms with Gasteiger partial charge in [0.15, 0.2) is 5.96 Å². The Labute approximate surface area is 91.1 Å². The summed E-state index contributed by atoms with van der Waals surface area (Å²) in [5.41, 5.74) is 0. The number of aliphatic imine (C=N–C) groups is 1. The highest BCUT2D eigenvalue weighted by Gasteiger charge is 2.27. The zero-order valence-corrected chi connectivity index (χ0v) is 10.2. The Balaban J connectivity index is 2.42. The van der Waals surface area contributed by atoms with Gasteiger partial charge in [0.05, 0.1) is 0 Å². The molecule has 0 amide bonds. The van der Waals surface area contributed by atoms with E-state index in [4.69, 9.17) is 0 Å². The molecule has 0 aromatic carbocycles. The number of hydrogen-bond donors (Lipinski definition) is 2. The number of guanidine groups is 1. The van der Waals surface area contributed by atoms with E-state index in [0.29, 0.717) is 6.04 Å². The van der Waals surface area contributed by atoms with Crippen LogP contribution in [0.25, 0.3) is 0 Å². The van der Waals surface area contributed by atoms with Gasteiger partial charge in [0.25, 0.3) is 0 Å². The Morgan fingerprint density at radius 1 is 1.50 bits per heavy atom. The van der Waals surface area contributed by atoms with Crippen LogP contribution in [0.3, 0.4) is 0 Å². The molecule has 0 spiro atoms. The molecule has 1 fully saturated rings. The van der Waals surface area contributed by atoms with E-state index in [2.05, 4.69) is 34.3 Å². The minimum atomic E-state index is 0.603. The molecule has 0 heterocycles. The molecule has 14 heavy (non-hydrogen) atoms. The van der Waals surface area contributed by atoms with Crippen molar-refractivity contribution in [2.24, 2.45) is 4.99 Å². The molecule has 0 radical (unpaired) electrons. The molecule has 0 aliphatic heterocycles. The third-order valence-corrected chi connectivity index (χ3v) is 3.94. The van der Waals surface area contributed by atoms with Crippen LogP contribution in [0, 0.1) is 0 Å². The van der Waals surface area contributed by atoms with Gasteiger partial charge < -0.3 is 10.6 Å². The number of nitrogens with one attached hydrogen (secondary N) is 2. The van der Waals surface area contributed by atoms with E-state index in [0.717, 1.165) is 11.2 Å². The van der Waals surface area contributed by atoms with Crippen molar-refractivity contribution >= 4 is 17.7 Å². The lowest BCUT2D eigenvalue weighted by atomic mass is 10.2. The van der Waals surface area contributed by atoms with Crippen LogP contribution in [-0.2, 0) is 0 Å². The average Bonchev–Trinajstić information content (AvgIpc) is 2.62. The summed E-state index contributed by atoms with van der Waals surface area (Å²) in [6, 6.07) is 0.603. The van der Waals surface area contributed by atoms with Gasteiger partial charge in [-0.05, 0) is 18.6 Å². The lowest BCUT2D eigenvalue weighted by Crippen LogP contribution is -2.44. The van der Waals surface area contributed by atoms with Gasteiger partial charge in [0, 0.05) is 25.4 Å². The summed E-state index contributed by atoms with van der Waals surface area (Å²) in [6.07, 6.45) is 3.96. The highest BCUT2D eigenvalue weighted by Crippen LogP contribution is 2.29. The van der Waals surface area contributed by atoms with Crippen LogP contribution in [0.5, 0.6) is 0 Å². The van der Waals surface area contributed by atoms with E-state index in [1.165, 1.54) is 25.0 Å². The fraction of sp³-hybridized carbons (Fsp3) is 0.900. The van der Waals surface area contributed by atoms with E-state index in [9.17, 15) is 0 Å².